The molecule has 1 aliphatic carbocycles. The van der Waals surface area contributed by atoms with Gasteiger partial charge >= 0.3 is 5.97 Å². The minimum absolute atomic E-state index is 0.220. The van der Waals surface area contributed by atoms with Gasteiger partial charge in [0.2, 0.25) is 0 Å². The number of hydrogen-bond acceptors (Lipinski definition) is 4. The fourth-order valence-electron chi connectivity index (χ4n) is 2.18. The lowest BCUT2D eigenvalue weighted by Crippen LogP contribution is -2.42. The predicted octanol–water partition coefficient (Wildman–Crippen LogP) is 0.785. The monoisotopic (exact) mass is 215 g/mol. The molecule has 1 fully saturated rings. The highest BCUT2D eigenvalue weighted by atomic mass is 16.5. The van der Waals surface area contributed by atoms with Crippen LogP contribution in [0.2, 0.25) is 0 Å². The molecule has 88 valence electrons. The first kappa shape index (κ1) is 12.5. The van der Waals surface area contributed by atoms with E-state index < -0.39 is 6.10 Å². The van der Waals surface area contributed by atoms with Crippen LogP contribution in [0, 0.1) is 0 Å². The van der Waals surface area contributed by atoms with E-state index in [4.69, 9.17) is 0 Å². The van der Waals surface area contributed by atoms with Gasteiger partial charge in [0.25, 0.3) is 0 Å². The first-order valence-electron chi connectivity index (χ1n) is 5.62. The van der Waals surface area contributed by atoms with Gasteiger partial charge in [-0.15, -0.1) is 0 Å². The molecule has 0 aromatic heterocycles. The fourth-order valence-corrected chi connectivity index (χ4v) is 2.18. The fraction of sp³-hybridized carbons (Fsp3) is 0.909. The molecule has 1 rings (SSSR count). The van der Waals surface area contributed by atoms with Crippen LogP contribution in [-0.2, 0) is 9.53 Å². The summed E-state index contributed by atoms with van der Waals surface area (Å²) >= 11 is 0. The largest absolute Gasteiger partial charge is 0.468 e. The third-order valence-corrected chi connectivity index (χ3v) is 2.90. The third kappa shape index (κ3) is 4.18. The molecule has 0 heterocycles. The molecule has 1 atom stereocenters. The molecular formula is C11H21NO3. The molecule has 0 aliphatic heterocycles. The van der Waals surface area contributed by atoms with Crippen LogP contribution in [0.25, 0.3) is 0 Å². The summed E-state index contributed by atoms with van der Waals surface area (Å²) in [4.78, 5) is 13.3. The van der Waals surface area contributed by atoms with E-state index in [1.54, 1.807) is 6.92 Å². The van der Waals surface area contributed by atoms with Crippen LogP contribution in [-0.4, -0.2) is 48.3 Å². The summed E-state index contributed by atoms with van der Waals surface area (Å²) < 4.78 is 4.66. The van der Waals surface area contributed by atoms with E-state index in [0.29, 0.717) is 19.1 Å². The Kier molecular flexibility index (Phi) is 5.05. The lowest BCUT2D eigenvalue weighted by Gasteiger charge is -2.28. The topological polar surface area (TPSA) is 49.8 Å². The van der Waals surface area contributed by atoms with E-state index in [1.807, 2.05) is 4.90 Å². The van der Waals surface area contributed by atoms with Crippen molar-refractivity contribution in [2.75, 3.05) is 20.2 Å². The maximum Gasteiger partial charge on any atom is 0.319 e. The van der Waals surface area contributed by atoms with E-state index >= 15 is 0 Å². The average Bonchev–Trinajstić information content (AvgIpc) is 2.68. The number of hydrogen-bond donors (Lipinski definition) is 1. The van der Waals surface area contributed by atoms with Crippen molar-refractivity contribution in [3.8, 4) is 0 Å². The Bertz CT molecular complexity index is 200. The van der Waals surface area contributed by atoms with Crippen LogP contribution in [0.5, 0.6) is 0 Å². The SMILES string of the molecule is COC(=O)CN(CC(C)O)C1CCCC1. The van der Waals surface area contributed by atoms with Crippen molar-refractivity contribution >= 4 is 5.97 Å². The van der Waals surface area contributed by atoms with Crippen LogP contribution < -0.4 is 0 Å². The van der Waals surface area contributed by atoms with Gasteiger partial charge in [-0.3, -0.25) is 9.69 Å². The Morgan fingerprint density at radius 2 is 2.13 bits per heavy atom. The molecule has 0 amide bonds. The van der Waals surface area contributed by atoms with Crippen LogP contribution in [0.4, 0.5) is 0 Å². The first-order chi connectivity index (χ1) is 7.13. The standard InChI is InChI=1S/C11H21NO3/c1-9(13)7-12(8-11(14)15-2)10-5-3-4-6-10/h9-10,13H,3-8H2,1-2H3. The van der Waals surface area contributed by atoms with Crippen LogP contribution in [0.15, 0.2) is 0 Å². The molecule has 15 heavy (non-hydrogen) atoms. The molecule has 1 N–H and O–H groups in total. The maximum absolute atomic E-state index is 11.2. The van der Waals surface area contributed by atoms with Crippen LogP contribution in [0.3, 0.4) is 0 Å². The summed E-state index contributed by atoms with van der Waals surface area (Å²) in [5, 5.41) is 9.37. The number of aliphatic hydroxyl groups excluding tert-OH is 1. The quantitative estimate of drug-likeness (QED) is 0.689. The molecule has 0 bridgehead atoms. The average molecular weight is 215 g/mol. The molecule has 4 nitrogen and oxygen atoms in total. The van der Waals surface area contributed by atoms with Gasteiger partial charge in [-0.05, 0) is 19.8 Å². The van der Waals surface area contributed by atoms with E-state index in [1.165, 1.54) is 20.0 Å². The van der Waals surface area contributed by atoms with Gasteiger partial charge in [-0.25, -0.2) is 0 Å². The normalized spacial score (nSPS) is 19.5. The number of rotatable bonds is 5. The number of ether oxygens (including phenoxy) is 1. The summed E-state index contributed by atoms with van der Waals surface area (Å²) in [6, 6.07) is 0.443. The molecule has 0 aromatic carbocycles. The third-order valence-electron chi connectivity index (χ3n) is 2.90. The molecule has 0 radical (unpaired) electrons. The number of nitrogens with zero attached hydrogens (tertiary/aromatic N) is 1. The molecular weight excluding hydrogens is 194 g/mol. The summed E-state index contributed by atoms with van der Waals surface area (Å²) in [6.07, 6.45) is 4.31. The molecule has 4 heteroatoms. The van der Waals surface area contributed by atoms with Crippen LogP contribution in [0.1, 0.15) is 32.6 Å². The second kappa shape index (κ2) is 6.08. The highest BCUT2D eigenvalue weighted by Crippen LogP contribution is 2.23. The summed E-state index contributed by atoms with van der Waals surface area (Å²) in [7, 11) is 1.40. The number of aliphatic hydroxyl groups is 1. The summed E-state index contributed by atoms with van der Waals surface area (Å²) in [6.45, 7) is 2.60. The number of carbonyl (C=O) groups excluding carboxylic acids is 1. The van der Waals surface area contributed by atoms with E-state index in [-0.39, 0.29) is 5.97 Å². The minimum Gasteiger partial charge on any atom is -0.468 e. The van der Waals surface area contributed by atoms with Gasteiger partial charge in [0.05, 0.1) is 19.8 Å². The first-order valence-corrected chi connectivity index (χ1v) is 5.62. The summed E-state index contributed by atoms with van der Waals surface area (Å²) in [5.74, 6) is -0.220. The Morgan fingerprint density at radius 3 is 2.60 bits per heavy atom. The van der Waals surface area contributed by atoms with Crippen molar-refractivity contribution in [3.63, 3.8) is 0 Å². The zero-order chi connectivity index (χ0) is 11.3. The van der Waals surface area contributed by atoms with Crippen molar-refractivity contribution in [1.29, 1.82) is 0 Å². The zero-order valence-electron chi connectivity index (χ0n) is 9.61. The lowest BCUT2D eigenvalue weighted by atomic mass is 10.2. The van der Waals surface area contributed by atoms with Gasteiger partial charge in [0.1, 0.15) is 0 Å². The Balaban J connectivity index is 2.47. The van der Waals surface area contributed by atoms with E-state index in [9.17, 15) is 9.90 Å². The van der Waals surface area contributed by atoms with Crippen LogP contribution >= 0.6 is 0 Å². The Hall–Kier alpha value is -0.610. The predicted molar refractivity (Wildman–Crippen MR) is 57.5 cm³/mol. The molecule has 0 aromatic rings. The van der Waals surface area contributed by atoms with Crippen molar-refractivity contribution in [1.82, 2.24) is 4.90 Å². The highest BCUT2D eigenvalue weighted by molar-refractivity contribution is 5.71. The van der Waals surface area contributed by atoms with Crippen molar-refractivity contribution in [3.05, 3.63) is 0 Å². The highest BCUT2D eigenvalue weighted by Gasteiger charge is 2.25. The Morgan fingerprint density at radius 1 is 1.53 bits per heavy atom. The smallest absolute Gasteiger partial charge is 0.319 e. The van der Waals surface area contributed by atoms with E-state index in [2.05, 4.69) is 4.74 Å². The van der Waals surface area contributed by atoms with E-state index in [0.717, 1.165) is 12.8 Å². The second-order valence-corrected chi connectivity index (χ2v) is 4.29. The van der Waals surface area contributed by atoms with Gasteiger partial charge in [0, 0.05) is 12.6 Å². The molecule has 0 spiro atoms. The number of carbonyl (C=O) groups is 1. The molecule has 0 saturated heterocycles. The van der Waals surface area contributed by atoms with Gasteiger partial charge in [-0.1, -0.05) is 12.8 Å². The number of methoxy groups -OCH3 is 1. The van der Waals surface area contributed by atoms with Crippen molar-refractivity contribution < 1.29 is 14.6 Å². The summed E-state index contributed by atoms with van der Waals surface area (Å²) in [5.41, 5.74) is 0. The second-order valence-electron chi connectivity index (χ2n) is 4.29. The van der Waals surface area contributed by atoms with Gasteiger partial charge < -0.3 is 9.84 Å². The van der Waals surface area contributed by atoms with Gasteiger partial charge in [0.15, 0.2) is 0 Å². The Labute approximate surface area is 91.2 Å². The molecule has 1 unspecified atom stereocenters. The number of esters is 1. The zero-order valence-corrected chi connectivity index (χ0v) is 9.61. The maximum atomic E-state index is 11.2. The molecule has 1 saturated carbocycles. The van der Waals surface area contributed by atoms with Crippen molar-refractivity contribution in [2.45, 2.75) is 44.8 Å². The molecule has 1 aliphatic rings. The van der Waals surface area contributed by atoms with Gasteiger partial charge in [-0.2, -0.15) is 0 Å². The van der Waals surface area contributed by atoms with Crippen molar-refractivity contribution in [2.24, 2.45) is 0 Å². The minimum atomic E-state index is -0.393. The lowest BCUT2D eigenvalue weighted by molar-refractivity contribution is -0.142.